The van der Waals surface area contributed by atoms with E-state index in [1.165, 1.54) is 0 Å². The molecule has 1 fully saturated rings. The first-order chi connectivity index (χ1) is 9.77. The van der Waals surface area contributed by atoms with Crippen LogP contribution in [0.5, 0.6) is 0 Å². The van der Waals surface area contributed by atoms with E-state index in [0.29, 0.717) is 31.1 Å². The first-order valence-corrected chi connectivity index (χ1v) is 6.77. The molecule has 2 aromatic rings. The molecular weight excluding hydrogens is 254 g/mol. The number of ether oxygens (including phenoxy) is 1. The fourth-order valence-corrected chi connectivity index (χ4v) is 2.50. The van der Waals surface area contributed by atoms with Crippen molar-refractivity contribution in [2.24, 2.45) is 0 Å². The molecule has 3 rings (SSSR count). The van der Waals surface area contributed by atoms with Crippen LogP contribution in [0, 0.1) is 0 Å². The summed E-state index contributed by atoms with van der Waals surface area (Å²) in [7, 11) is 0. The Kier molecular flexibility index (Phi) is 3.52. The Morgan fingerprint density at radius 3 is 2.85 bits per heavy atom. The Hall–Kier alpha value is -2.14. The normalized spacial score (nSPS) is 16.1. The van der Waals surface area contributed by atoms with Crippen molar-refractivity contribution in [1.82, 2.24) is 9.88 Å². The van der Waals surface area contributed by atoms with Gasteiger partial charge in [-0.3, -0.25) is 4.79 Å². The zero-order valence-corrected chi connectivity index (χ0v) is 11.2. The van der Waals surface area contributed by atoms with Gasteiger partial charge in [-0.25, -0.2) is 4.98 Å². The lowest BCUT2D eigenvalue weighted by Gasteiger charge is -2.20. The number of carbonyl (C=O) groups is 1. The second kappa shape index (κ2) is 5.46. The minimum atomic E-state index is -0.000741. The number of benzene rings is 1. The molecule has 1 aliphatic heterocycles. The van der Waals surface area contributed by atoms with E-state index in [2.05, 4.69) is 4.98 Å². The molecule has 0 atom stereocenters. The van der Waals surface area contributed by atoms with Gasteiger partial charge in [-0.15, -0.1) is 0 Å². The van der Waals surface area contributed by atoms with Crippen LogP contribution in [-0.4, -0.2) is 42.1 Å². The summed E-state index contributed by atoms with van der Waals surface area (Å²) >= 11 is 0. The molecule has 0 bridgehead atoms. The highest BCUT2D eigenvalue weighted by Crippen LogP contribution is 2.23. The second-order valence-electron chi connectivity index (χ2n) is 4.86. The summed E-state index contributed by atoms with van der Waals surface area (Å²) in [6.07, 6.45) is 2.44. The van der Waals surface area contributed by atoms with Crippen molar-refractivity contribution in [3.8, 4) is 0 Å². The summed E-state index contributed by atoms with van der Waals surface area (Å²) in [5.41, 5.74) is 6.48. The van der Waals surface area contributed by atoms with Crippen molar-refractivity contribution >= 4 is 22.5 Å². The maximum Gasteiger partial charge on any atom is 0.256 e. The number of nitrogens with zero attached hydrogens (tertiary/aromatic N) is 2. The lowest BCUT2D eigenvalue weighted by Crippen LogP contribution is -2.33. The fraction of sp³-hybridized carbons (Fsp3) is 0.333. The van der Waals surface area contributed by atoms with Crippen LogP contribution in [0.4, 0.5) is 5.82 Å². The molecule has 2 heterocycles. The number of anilines is 1. The van der Waals surface area contributed by atoms with E-state index >= 15 is 0 Å². The van der Waals surface area contributed by atoms with Crippen molar-refractivity contribution in [3.63, 3.8) is 0 Å². The number of carbonyl (C=O) groups excluding carboxylic acids is 1. The molecule has 0 saturated carbocycles. The highest BCUT2D eigenvalue weighted by molar-refractivity contribution is 6.08. The lowest BCUT2D eigenvalue weighted by atomic mass is 10.1. The Bertz CT molecular complexity index is 634. The molecular formula is C15H17N3O2. The molecule has 0 aliphatic carbocycles. The maximum atomic E-state index is 12.7. The number of nitrogen functional groups attached to an aromatic ring is 1. The van der Waals surface area contributed by atoms with Gasteiger partial charge in [0.1, 0.15) is 5.82 Å². The maximum absolute atomic E-state index is 12.7. The van der Waals surface area contributed by atoms with Crippen LogP contribution in [0.3, 0.4) is 0 Å². The number of rotatable bonds is 1. The number of aromatic nitrogens is 1. The van der Waals surface area contributed by atoms with Crippen LogP contribution >= 0.6 is 0 Å². The number of nitrogens with two attached hydrogens (primary N) is 1. The van der Waals surface area contributed by atoms with Crippen LogP contribution < -0.4 is 5.73 Å². The Labute approximate surface area is 117 Å². The SMILES string of the molecule is Nc1ncc(C(=O)N2CCCOCC2)c2ccccc12. The van der Waals surface area contributed by atoms with E-state index in [-0.39, 0.29) is 5.91 Å². The third kappa shape index (κ3) is 2.32. The molecule has 0 spiro atoms. The molecule has 1 aliphatic rings. The molecule has 20 heavy (non-hydrogen) atoms. The lowest BCUT2D eigenvalue weighted by molar-refractivity contribution is 0.0743. The topological polar surface area (TPSA) is 68.5 Å². The molecule has 1 amide bonds. The van der Waals surface area contributed by atoms with Gasteiger partial charge in [0.25, 0.3) is 5.91 Å². The molecule has 2 N–H and O–H groups in total. The summed E-state index contributed by atoms with van der Waals surface area (Å²) in [4.78, 5) is 18.6. The van der Waals surface area contributed by atoms with Gasteiger partial charge in [0.05, 0.1) is 12.2 Å². The minimum Gasteiger partial charge on any atom is -0.383 e. The average molecular weight is 271 g/mol. The first kappa shape index (κ1) is 12.9. The van der Waals surface area contributed by atoms with Gasteiger partial charge < -0.3 is 15.4 Å². The van der Waals surface area contributed by atoms with Gasteiger partial charge in [-0.05, 0) is 11.8 Å². The van der Waals surface area contributed by atoms with Crippen LogP contribution in [0.2, 0.25) is 0 Å². The van der Waals surface area contributed by atoms with Gasteiger partial charge in [0.2, 0.25) is 0 Å². The molecule has 0 unspecified atom stereocenters. The molecule has 0 radical (unpaired) electrons. The third-order valence-electron chi connectivity index (χ3n) is 3.57. The smallest absolute Gasteiger partial charge is 0.256 e. The van der Waals surface area contributed by atoms with Gasteiger partial charge in [0.15, 0.2) is 0 Å². The summed E-state index contributed by atoms with van der Waals surface area (Å²) < 4.78 is 5.39. The van der Waals surface area contributed by atoms with Gasteiger partial charge >= 0.3 is 0 Å². The summed E-state index contributed by atoms with van der Waals surface area (Å²) in [6.45, 7) is 2.64. The number of hydrogen-bond acceptors (Lipinski definition) is 4. The van der Waals surface area contributed by atoms with E-state index in [1.807, 2.05) is 29.2 Å². The monoisotopic (exact) mass is 271 g/mol. The van der Waals surface area contributed by atoms with Crippen molar-refractivity contribution in [3.05, 3.63) is 36.0 Å². The van der Waals surface area contributed by atoms with Crippen molar-refractivity contribution < 1.29 is 9.53 Å². The minimum absolute atomic E-state index is 0.000741. The van der Waals surface area contributed by atoms with E-state index in [4.69, 9.17) is 10.5 Å². The van der Waals surface area contributed by atoms with Crippen LogP contribution in [-0.2, 0) is 4.74 Å². The van der Waals surface area contributed by atoms with E-state index in [0.717, 1.165) is 23.7 Å². The molecule has 1 aromatic carbocycles. The zero-order valence-electron chi connectivity index (χ0n) is 11.2. The number of hydrogen-bond donors (Lipinski definition) is 1. The van der Waals surface area contributed by atoms with E-state index < -0.39 is 0 Å². The highest BCUT2D eigenvalue weighted by atomic mass is 16.5. The summed E-state index contributed by atoms with van der Waals surface area (Å²) in [6, 6.07) is 7.60. The van der Waals surface area contributed by atoms with Crippen LogP contribution in [0.1, 0.15) is 16.8 Å². The largest absolute Gasteiger partial charge is 0.383 e. The standard InChI is InChI=1S/C15H17N3O2/c16-14-12-5-2-1-4-11(12)13(10-17-14)15(19)18-6-3-8-20-9-7-18/h1-2,4-5,10H,3,6-9H2,(H2,16,17). The summed E-state index contributed by atoms with van der Waals surface area (Å²) in [5, 5.41) is 1.68. The Morgan fingerprint density at radius 2 is 2.00 bits per heavy atom. The third-order valence-corrected chi connectivity index (χ3v) is 3.57. The van der Waals surface area contributed by atoms with Crippen molar-refractivity contribution in [2.45, 2.75) is 6.42 Å². The highest BCUT2D eigenvalue weighted by Gasteiger charge is 2.20. The van der Waals surface area contributed by atoms with Crippen LogP contribution in [0.25, 0.3) is 10.8 Å². The fourth-order valence-electron chi connectivity index (χ4n) is 2.50. The van der Waals surface area contributed by atoms with Crippen molar-refractivity contribution in [2.75, 3.05) is 32.0 Å². The predicted octanol–water partition coefficient (Wildman–Crippen LogP) is 1.68. The first-order valence-electron chi connectivity index (χ1n) is 6.77. The summed E-state index contributed by atoms with van der Waals surface area (Å²) in [5.74, 6) is 0.454. The zero-order chi connectivity index (χ0) is 13.9. The second-order valence-corrected chi connectivity index (χ2v) is 4.86. The van der Waals surface area contributed by atoms with E-state index in [1.54, 1.807) is 6.20 Å². The molecule has 1 aromatic heterocycles. The molecule has 5 nitrogen and oxygen atoms in total. The molecule has 104 valence electrons. The van der Waals surface area contributed by atoms with Gasteiger partial charge in [0, 0.05) is 31.3 Å². The number of amides is 1. The Morgan fingerprint density at radius 1 is 1.20 bits per heavy atom. The van der Waals surface area contributed by atoms with Crippen LogP contribution in [0.15, 0.2) is 30.5 Å². The van der Waals surface area contributed by atoms with Gasteiger partial charge in [-0.2, -0.15) is 0 Å². The number of fused-ring (bicyclic) bond motifs is 1. The van der Waals surface area contributed by atoms with Crippen molar-refractivity contribution in [1.29, 1.82) is 0 Å². The predicted molar refractivity (Wildman–Crippen MR) is 77.5 cm³/mol. The Balaban J connectivity index is 2.01. The van der Waals surface area contributed by atoms with Gasteiger partial charge in [-0.1, -0.05) is 24.3 Å². The van der Waals surface area contributed by atoms with E-state index in [9.17, 15) is 4.79 Å². The quantitative estimate of drug-likeness (QED) is 0.856. The average Bonchev–Trinajstić information content (AvgIpc) is 2.76. The molecule has 5 heteroatoms. The number of pyridine rings is 1. The molecule has 1 saturated heterocycles.